The molecule has 18 heavy (non-hydrogen) atoms. The SMILES string of the molecule is CCc1c(N)ncnc1OCCCOCCOC. The van der Waals surface area contributed by atoms with Crippen molar-refractivity contribution in [3.05, 3.63) is 11.9 Å². The number of anilines is 1. The number of aromatic nitrogens is 2. The molecule has 0 atom stereocenters. The van der Waals surface area contributed by atoms with Gasteiger partial charge in [-0.05, 0) is 6.42 Å². The topological polar surface area (TPSA) is 79.5 Å². The third-order valence-electron chi connectivity index (χ3n) is 2.40. The van der Waals surface area contributed by atoms with Crippen molar-refractivity contribution in [3.8, 4) is 5.88 Å². The van der Waals surface area contributed by atoms with Gasteiger partial charge in [0, 0.05) is 20.1 Å². The number of nitrogens with two attached hydrogens (primary N) is 1. The van der Waals surface area contributed by atoms with Crippen LogP contribution in [0.1, 0.15) is 18.9 Å². The van der Waals surface area contributed by atoms with E-state index in [0.717, 1.165) is 18.4 Å². The molecule has 0 spiro atoms. The van der Waals surface area contributed by atoms with Crippen LogP contribution in [0.2, 0.25) is 0 Å². The average Bonchev–Trinajstić information content (AvgIpc) is 2.38. The van der Waals surface area contributed by atoms with Gasteiger partial charge in [0.1, 0.15) is 12.1 Å². The molecule has 0 aromatic carbocycles. The normalized spacial score (nSPS) is 10.6. The molecule has 0 unspecified atom stereocenters. The Kier molecular flexibility index (Phi) is 7.05. The highest BCUT2D eigenvalue weighted by Crippen LogP contribution is 2.19. The number of hydrogen-bond donors (Lipinski definition) is 1. The van der Waals surface area contributed by atoms with Crippen LogP contribution in [0.5, 0.6) is 5.88 Å². The zero-order valence-corrected chi connectivity index (χ0v) is 11.0. The van der Waals surface area contributed by atoms with E-state index in [1.54, 1.807) is 7.11 Å². The molecule has 0 aliphatic carbocycles. The summed E-state index contributed by atoms with van der Waals surface area (Å²) in [7, 11) is 1.65. The van der Waals surface area contributed by atoms with Crippen molar-refractivity contribution in [2.75, 3.05) is 39.3 Å². The van der Waals surface area contributed by atoms with E-state index < -0.39 is 0 Å². The lowest BCUT2D eigenvalue weighted by atomic mass is 10.2. The predicted octanol–water partition coefficient (Wildman–Crippen LogP) is 1.05. The minimum atomic E-state index is 0.485. The quantitative estimate of drug-likeness (QED) is 0.664. The Morgan fingerprint density at radius 1 is 1.17 bits per heavy atom. The van der Waals surface area contributed by atoms with Crippen molar-refractivity contribution in [1.29, 1.82) is 0 Å². The molecule has 0 bridgehead atoms. The Balaban J connectivity index is 2.25. The van der Waals surface area contributed by atoms with E-state index in [4.69, 9.17) is 19.9 Å². The largest absolute Gasteiger partial charge is 0.477 e. The number of rotatable bonds is 9. The summed E-state index contributed by atoms with van der Waals surface area (Å²) < 4.78 is 15.8. The maximum Gasteiger partial charge on any atom is 0.221 e. The van der Waals surface area contributed by atoms with Crippen molar-refractivity contribution in [2.24, 2.45) is 0 Å². The molecule has 1 aromatic rings. The second-order valence-corrected chi connectivity index (χ2v) is 3.70. The number of ether oxygens (including phenoxy) is 3. The summed E-state index contributed by atoms with van der Waals surface area (Å²) in [4.78, 5) is 8.02. The zero-order chi connectivity index (χ0) is 13.2. The number of methoxy groups -OCH3 is 1. The van der Waals surface area contributed by atoms with Crippen molar-refractivity contribution >= 4 is 5.82 Å². The molecule has 1 heterocycles. The molecule has 0 amide bonds. The van der Waals surface area contributed by atoms with Crippen LogP contribution in [0, 0.1) is 0 Å². The van der Waals surface area contributed by atoms with Crippen LogP contribution in [-0.4, -0.2) is 43.5 Å². The van der Waals surface area contributed by atoms with Gasteiger partial charge in [-0.25, -0.2) is 9.97 Å². The van der Waals surface area contributed by atoms with Gasteiger partial charge in [0.2, 0.25) is 5.88 Å². The van der Waals surface area contributed by atoms with E-state index in [9.17, 15) is 0 Å². The number of hydrogen-bond acceptors (Lipinski definition) is 6. The van der Waals surface area contributed by atoms with Crippen LogP contribution in [0.3, 0.4) is 0 Å². The summed E-state index contributed by atoms with van der Waals surface area (Å²) >= 11 is 0. The monoisotopic (exact) mass is 255 g/mol. The van der Waals surface area contributed by atoms with Gasteiger partial charge in [0.15, 0.2) is 0 Å². The van der Waals surface area contributed by atoms with Crippen LogP contribution in [0.25, 0.3) is 0 Å². The molecule has 6 heteroatoms. The zero-order valence-electron chi connectivity index (χ0n) is 11.0. The smallest absolute Gasteiger partial charge is 0.221 e. The van der Waals surface area contributed by atoms with Gasteiger partial charge in [0.25, 0.3) is 0 Å². The van der Waals surface area contributed by atoms with Crippen molar-refractivity contribution in [3.63, 3.8) is 0 Å². The van der Waals surface area contributed by atoms with Crippen LogP contribution >= 0.6 is 0 Å². The summed E-state index contributed by atoms with van der Waals surface area (Å²) in [5, 5.41) is 0. The molecule has 0 radical (unpaired) electrons. The summed E-state index contributed by atoms with van der Waals surface area (Å²) in [5.74, 6) is 1.06. The lowest BCUT2D eigenvalue weighted by Gasteiger charge is -2.10. The van der Waals surface area contributed by atoms with Crippen LogP contribution in [0.15, 0.2) is 6.33 Å². The average molecular weight is 255 g/mol. The summed E-state index contributed by atoms with van der Waals surface area (Å²) in [6.07, 6.45) is 2.97. The van der Waals surface area contributed by atoms with E-state index in [1.165, 1.54) is 6.33 Å². The second kappa shape index (κ2) is 8.66. The fourth-order valence-electron chi connectivity index (χ4n) is 1.44. The molecule has 0 saturated heterocycles. The Morgan fingerprint density at radius 3 is 2.72 bits per heavy atom. The lowest BCUT2D eigenvalue weighted by Crippen LogP contribution is -2.09. The molecular formula is C12H21N3O3. The highest BCUT2D eigenvalue weighted by Gasteiger charge is 2.07. The van der Waals surface area contributed by atoms with Gasteiger partial charge < -0.3 is 19.9 Å². The molecule has 1 rings (SSSR count). The Labute approximate surface area is 107 Å². The summed E-state index contributed by atoms with van der Waals surface area (Å²) in [6.45, 7) is 4.41. The van der Waals surface area contributed by atoms with Crippen LogP contribution < -0.4 is 10.5 Å². The van der Waals surface area contributed by atoms with Crippen LogP contribution in [-0.2, 0) is 15.9 Å². The highest BCUT2D eigenvalue weighted by molar-refractivity contribution is 5.44. The molecule has 0 saturated carbocycles. The Hall–Kier alpha value is -1.40. The van der Waals surface area contributed by atoms with Gasteiger partial charge in [0.05, 0.1) is 25.4 Å². The van der Waals surface area contributed by atoms with E-state index in [0.29, 0.717) is 38.1 Å². The molecule has 2 N–H and O–H groups in total. The van der Waals surface area contributed by atoms with Gasteiger partial charge in [-0.3, -0.25) is 0 Å². The van der Waals surface area contributed by atoms with Gasteiger partial charge in [-0.2, -0.15) is 0 Å². The molecule has 6 nitrogen and oxygen atoms in total. The first kappa shape index (κ1) is 14.7. The third kappa shape index (κ3) is 4.85. The first-order chi connectivity index (χ1) is 8.79. The molecular weight excluding hydrogens is 234 g/mol. The first-order valence-corrected chi connectivity index (χ1v) is 6.08. The molecule has 1 aromatic heterocycles. The minimum absolute atomic E-state index is 0.485. The molecule has 0 aliphatic rings. The summed E-state index contributed by atoms with van der Waals surface area (Å²) in [6, 6.07) is 0. The summed E-state index contributed by atoms with van der Waals surface area (Å²) in [5.41, 5.74) is 6.61. The minimum Gasteiger partial charge on any atom is -0.477 e. The maximum atomic E-state index is 5.75. The Bertz CT molecular complexity index is 347. The molecule has 0 aliphatic heterocycles. The number of nitrogen functional groups attached to an aromatic ring is 1. The highest BCUT2D eigenvalue weighted by atomic mass is 16.5. The van der Waals surface area contributed by atoms with Gasteiger partial charge in [-0.1, -0.05) is 6.92 Å². The van der Waals surface area contributed by atoms with E-state index in [1.807, 2.05) is 6.92 Å². The van der Waals surface area contributed by atoms with E-state index in [-0.39, 0.29) is 0 Å². The molecule has 102 valence electrons. The maximum absolute atomic E-state index is 5.75. The Morgan fingerprint density at radius 2 is 2.00 bits per heavy atom. The fourth-order valence-corrected chi connectivity index (χ4v) is 1.44. The number of nitrogens with zero attached hydrogens (tertiary/aromatic N) is 2. The van der Waals surface area contributed by atoms with Gasteiger partial charge >= 0.3 is 0 Å². The van der Waals surface area contributed by atoms with Crippen molar-refractivity contribution in [1.82, 2.24) is 9.97 Å². The lowest BCUT2D eigenvalue weighted by molar-refractivity contribution is 0.0641. The van der Waals surface area contributed by atoms with E-state index >= 15 is 0 Å². The van der Waals surface area contributed by atoms with Crippen LogP contribution in [0.4, 0.5) is 5.82 Å². The van der Waals surface area contributed by atoms with Crippen molar-refractivity contribution in [2.45, 2.75) is 19.8 Å². The van der Waals surface area contributed by atoms with Crippen molar-refractivity contribution < 1.29 is 14.2 Å². The molecule has 0 fully saturated rings. The second-order valence-electron chi connectivity index (χ2n) is 3.70. The standard InChI is InChI=1S/C12H21N3O3/c1-3-10-11(13)14-9-15-12(10)18-6-4-5-17-8-7-16-2/h9H,3-8H2,1-2H3,(H2,13,14,15). The van der Waals surface area contributed by atoms with E-state index in [2.05, 4.69) is 9.97 Å². The fraction of sp³-hybridized carbons (Fsp3) is 0.667. The third-order valence-corrected chi connectivity index (χ3v) is 2.40. The van der Waals surface area contributed by atoms with Gasteiger partial charge in [-0.15, -0.1) is 0 Å². The first-order valence-electron chi connectivity index (χ1n) is 6.08. The predicted molar refractivity (Wildman–Crippen MR) is 68.6 cm³/mol.